The maximum Gasteiger partial charge on any atom is 0.409 e. The van der Waals surface area contributed by atoms with E-state index in [-0.39, 0.29) is 24.1 Å². The molecular formula is C41H61N5O5. The van der Waals surface area contributed by atoms with Crippen LogP contribution < -0.4 is 5.32 Å². The fourth-order valence-electron chi connectivity index (χ4n) is 8.70. The number of fused-ring (bicyclic) bond motifs is 1. The van der Waals surface area contributed by atoms with Gasteiger partial charge in [0, 0.05) is 50.4 Å². The highest BCUT2D eigenvalue weighted by Gasteiger charge is 2.33. The van der Waals surface area contributed by atoms with Crippen LogP contribution in [-0.2, 0) is 22.4 Å². The molecular weight excluding hydrogens is 642 g/mol. The number of likely N-dealkylation sites (tertiary alicyclic amines) is 3. The number of benzene rings is 2. The number of hydrogen-bond donors (Lipinski definition) is 2. The van der Waals surface area contributed by atoms with Gasteiger partial charge in [-0.05, 0) is 131 Å². The zero-order chi connectivity index (χ0) is 36.5. The fourth-order valence-corrected chi connectivity index (χ4v) is 8.70. The third-order valence-corrected chi connectivity index (χ3v) is 11.7. The van der Waals surface area contributed by atoms with Crippen LogP contribution in [0.15, 0.2) is 36.4 Å². The topological polar surface area (TPSA) is 106 Å². The first-order valence-electron chi connectivity index (χ1n) is 19.4. The van der Waals surface area contributed by atoms with E-state index < -0.39 is 0 Å². The molecule has 0 unspecified atom stereocenters. The molecule has 1 atom stereocenters. The quantitative estimate of drug-likeness (QED) is 0.327. The normalized spacial score (nSPS) is 20.1. The number of hydrogen-bond acceptors (Lipinski definition) is 6. The summed E-state index contributed by atoms with van der Waals surface area (Å²) in [6.07, 6.45) is 9.19. The van der Waals surface area contributed by atoms with E-state index in [1.807, 2.05) is 49.1 Å². The smallest absolute Gasteiger partial charge is 0.409 e. The number of piperidine rings is 3. The number of rotatable bonds is 7. The fraction of sp³-hybridized carbons (Fsp3) is 0.634. The lowest BCUT2D eigenvalue weighted by Gasteiger charge is -2.40. The second-order valence-electron chi connectivity index (χ2n) is 15.2. The zero-order valence-corrected chi connectivity index (χ0v) is 31.7. The Morgan fingerprint density at radius 2 is 1.47 bits per heavy atom. The molecule has 0 bridgehead atoms. The molecule has 2 N–H and O–H groups in total. The van der Waals surface area contributed by atoms with E-state index in [0.29, 0.717) is 31.3 Å². The van der Waals surface area contributed by atoms with Gasteiger partial charge in [0.1, 0.15) is 5.75 Å². The van der Waals surface area contributed by atoms with E-state index in [0.717, 1.165) is 73.0 Å². The van der Waals surface area contributed by atoms with Crippen molar-refractivity contribution < 1.29 is 24.2 Å². The minimum absolute atomic E-state index is 0.00724. The molecule has 280 valence electrons. The molecule has 0 radical (unpaired) electrons. The Labute approximate surface area is 305 Å². The van der Waals surface area contributed by atoms with Crippen LogP contribution in [0.1, 0.15) is 81.0 Å². The molecule has 2 aromatic rings. The van der Waals surface area contributed by atoms with Gasteiger partial charge in [-0.1, -0.05) is 44.2 Å². The largest absolute Gasteiger partial charge is 0.507 e. The van der Waals surface area contributed by atoms with Gasteiger partial charge in [0.2, 0.25) is 5.91 Å². The summed E-state index contributed by atoms with van der Waals surface area (Å²) in [6, 6.07) is 12.1. The van der Waals surface area contributed by atoms with E-state index in [9.17, 15) is 19.5 Å². The number of carbonyl (C=O) groups is 3. The van der Waals surface area contributed by atoms with Gasteiger partial charge in [-0.2, -0.15) is 0 Å². The van der Waals surface area contributed by atoms with Crippen molar-refractivity contribution in [1.82, 2.24) is 19.6 Å². The summed E-state index contributed by atoms with van der Waals surface area (Å²) in [5.41, 5.74) is 5.01. The Bertz CT molecular complexity index is 1450. The van der Waals surface area contributed by atoms with Crippen molar-refractivity contribution in [3.63, 3.8) is 0 Å². The number of aryl methyl sites for hydroxylation is 2. The number of urea groups is 1. The van der Waals surface area contributed by atoms with Crippen LogP contribution in [0.2, 0.25) is 0 Å². The number of amides is 4. The van der Waals surface area contributed by atoms with Gasteiger partial charge in [-0.25, -0.2) is 9.59 Å². The third kappa shape index (κ3) is 9.96. The second-order valence-corrected chi connectivity index (χ2v) is 15.2. The first-order chi connectivity index (χ1) is 24.6. The molecule has 3 saturated heterocycles. The number of ether oxygens (including phenoxy) is 1. The van der Waals surface area contributed by atoms with Crippen LogP contribution >= 0.6 is 0 Å². The zero-order valence-electron chi connectivity index (χ0n) is 31.7. The van der Waals surface area contributed by atoms with Crippen LogP contribution in [0.3, 0.4) is 0 Å². The van der Waals surface area contributed by atoms with Gasteiger partial charge in [0.05, 0.1) is 7.11 Å². The molecule has 0 spiro atoms. The Hall–Kier alpha value is -3.79. The summed E-state index contributed by atoms with van der Waals surface area (Å²) in [5, 5.41) is 13.0. The number of phenolic OH excluding ortho intramolecular Hbond substituents is 1. The van der Waals surface area contributed by atoms with Gasteiger partial charge < -0.3 is 34.8 Å². The Kier molecular flexibility index (Phi) is 13.7. The average Bonchev–Trinajstić information content (AvgIpc) is 3.32. The molecule has 4 amide bonds. The first-order valence-corrected chi connectivity index (χ1v) is 19.4. The molecule has 4 heterocycles. The number of carbonyl (C=O) groups excluding carboxylic acids is 3. The van der Waals surface area contributed by atoms with Crippen molar-refractivity contribution in [2.24, 2.45) is 17.8 Å². The minimum atomic E-state index is -0.286. The van der Waals surface area contributed by atoms with Crippen LogP contribution in [-0.4, -0.2) is 108 Å². The summed E-state index contributed by atoms with van der Waals surface area (Å²) in [7, 11) is 1.40. The highest BCUT2D eigenvalue weighted by Crippen LogP contribution is 2.33. The van der Waals surface area contributed by atoms with Crippen LogP contribution in [0.5, 0.6) is 5.75 Å². The number of anilines is 1. The summed E-state index contributed by atoms with van der Waals surface area (Å²) >= 11 is 0. The van der Waals surface area contributed by atoms with Gasteiger partial charge in [0.15, 0.2) is 0 Å². The average molecular weight is 704 g/mol. The molecule has 0 saturated carbocycles. The van der Waals surface area contributed by atoms with Crippen molar-refractivity contribution in [2.45, 2.75) is 91.5 Å². The predicted octanol–water partition coefficient (Wildman–Crippen LogP) is 6.86. The van der Waals surface area contributed by atoms with Crippen molar-refractivity contribution in [3.05, 3.63) is 58.7 Å². The van der Waals surface area contributed by atoms with Gasteiger partial charge >= 0.3 is 12.1 Å². The number of nitrogens with one attached hydrogen (secondary N) is 1. The van der Waals surface area contributed by atoms with E-state index >= 15 is 0 Å². The first kappa shape index (κ1) is 38.4. The number of aromatic hydroxyl groups is 1. The second kappa shape index (κ2) is 18.1. The monoisotopic (exact) mass is 703 g/mol. The SMILES string of the molecule is CCCN1CCC(C2CCN(C(=O)[C@H](C)Cc3cc(C)c(O)c(C)c3)CC2)CC1.COC(=O)N1CCC(N2CCc3ccccc3NC2=O)CC1. The molecule has 4 aliphatic heterocycles. The molecule has 0 aromatic heterocycles. The Morgan fingerprint density at radius 3 is 2.08 bits per heavy atom. The van der Waals surface area contributed by atoms with Crippen molar-refractivity contribution >= 4 is 23.7 Å². The number of para-hydroxylation sites is 1. The lowest BCUT2D eigenvalue weighted by Crippen LogP contribution is -2.50. The summed E-state index contributed by atoms with van der Waals surface area (Å²) < 4.78 is 4.75. The number of methoxy groups -OCH3 is 1. The van der Waals surface area contributed by atoms with Crippen molar-refractivity contribution in [3.8, 4) is 5.75 Å². The van der Waals surface area contributed by atoms with E-state index in [2.05, 4.69) is 35.0 Å². The molecule has 6 rings (SSSR count). The highest BCUT2D eigenvalue weighted by molar-refractivity contribution is 5.91. The van der Waals surface area contributed by atoms with Gasteiger partial charge in [0.25, 0.3) is 0 Å². The van der Waals surface area contributed by atoms with Crippen molar-refractivity contribution in [2.75, 3.05) is 64.8 Å². The van der Waals surface area contributed by atoms with E-state index in [1.54, 1.807) is 4.90 Å². The molecule has 51 heavy (non-hydrogen) atoms. The molecule has 4 aliphatic rings. The van der Waals surface area contributed by atoms with Crippen LogP contribution in [0.4, 0.5) is 15.3 Å². The van der Waals surface area contributed by atoms with Crippen LogP contribution in [0, 0.1) is 31.6 Å². The third-order valence-electron chi connectivity index (χ3n) is 11.7. The highest BCUT2D eigenvalue weighted by atomic mass is 16.5. The Morgan fingerprint density at radius 1 is 0.882 bits per heavy atom. The molecule has 10 nitrogen and oxygen atoms in total. The summed E-state index contributed by atoms with van der Waals surface area (Å²) in [6.45, 7) is 15.8. The lowest BCUT2D eigenvalue weighted by atomic mass is 9.78. The minimum Gasteiger partial charge on any atom is -0.507 e. The summed E-state index contributed by atoms with van der Waals surface area (Å²) in [5.74, 6) is 2.33. The van der Waals surface area contributed by atoms with Crippen molar-refractivity contribution in [1.29, 1.82) is 0 Å². The lowest BCUT2D eigenvalue weighted by molar-refractivity contribution is -0.136. The molecule has 10 heteroatoms. The molecule has 0 aliphatic carbocycles. The Balaban J connectivity index is 0.000000205. The molecule has 3 fully saturated rings. The van der Waals surface area contributed by atoms with Gasteiger partial charge in [-0.3, -0.25) is 4.79 Å². The maximum absolute atomic E-state index is 13.0. The number of nitrogens with zero attached hydrogens (tertiary/aromatic N) is 4. The molecule has 2 aromatic carbocycles. The van der Waals surface area contributed by atoms with Crippen LogP contribution in [0.25, 0.3) is 0 Å². The predicted molar refractivity (Wildman–Crippen MR) is 202 cm³/mol. The van der Waals surface area contributed by atoms with E-state index in [4.69, 9.17) is 4.74 Å². The van der Waals surface area contributed by atoms with Gasteiger partial charge in [-0.15, -0.1) is 0 Å². The standard InChI is InChI=1S/C25H40N2O2.C16H21N3O3/c1-5-10-26-11-6-22(7-12-26)23-8-13-27(14-9-23)25(29)20(4)17-21-15-18(2)24(28)19(3)16-21;1-22-16(21)18-9-7-13(8-10-18)19-11-6-12-4-2-3-5-14(12)17-15(19)20/h15-16,20,22-23,28H,5-14,17H2,1-4H3;2-5,13H,6-11H2,1H3,(H,17,20)/t20-;/m1./s1. The maximum atomic E-state index is 13.0. The van der Waals surface area contributed by atoms with E-state index in [1.165, 1.54) is 64.4 Å². The summed E-state index contributed by atoms with van der Waals surface area (Å²) in [4.78, 5) is 45.3. The number of phenols is 1.